The minimum Gasteiger partial charge on any atom is -0.252 e. The lowest BCUT2D eigenvalue weighted by atomic mass is 10.0. The van der Waals surface area contributed by atoms with E-state index in [1.54, 1.807) is 0 Å². The van der Waals surface area contributed by atoms with Crippen LogP contribution in [0.15, 0.2) is 91.3 Å². The summed E-state index contributed by atoms with van der Waals surface area (Å²) in [5.41, 5.74) is 8.54. The topological polar surface area (TPSA) is 21.7 Å². The van der Waals surface area contributed by atoms with Gasteiger partial charge in [-0.1, -0.05) is 66.2 Å². The van der Waals surface area contributed by atoms with Crippen molar-refractivity contribution in [2.75, 3.05) is 0 Å². The number of aryl methyl sites for hydroxylation is 2. The van der Waals surface area contributed by atoms with Gasteiger partial charge >= 0.3 is 0 Å². The molecule has 0 unspecified atom stereocenters. The van der Waals surface area contributed by atoms with E-state index < -0.39 is 0 Å². The highest BCUT2D eigenvalue weighted by molar-refractivity contribution is 5.86. The molecule has 0 atom stereocenters. The molecule has 6 rings (SSSR count). The first-order valence-electron chi connectivity index (χ1n) is 10.5. The summed E-state index contributed by atoms with van der Waals surface area (Å²) < 4.78 is 4.79. The number of imidazole rings is 1. The molecule has 0 amide bonds. The molecule has 0 aliphatic carbocycles. The van der Waals surface area contributed by atoms with Crippen LogP contribution in [0.5, 0.6) is 0 Å². The second kappa shape index (κ2) is 6.67. The molecule has 5 aromatic rings. The summed E-state index contributed by atoms with van der Waals surface area (Å²) in [7, 11) is 0. The van der Waals surface area contributed by atoms with Crippen molar-refractivity contribution in [3.05, 3.63) is 108 Å². The Labute approximate surface area is 175 Å². The predicted octanol–water partition coefficient (Wildman–Crippen LogP) is 5.38. The Bertz CT molecular complexity index is 1380. The Hall–Kier alpha value is -3.72. The third kappa shape index (κ3) is 2.59. The van der Waals surface area contributed by atoms with Crippen molar-refractivity contribution in [2.45, 2.75) is 19.8 Å². The highest BCUT2D eigenvalue weighted by Gasteiger charge is 2.32. The molecular formula is C27H22N3+. The summed E-state index contributed by atoms with van der Waals surface area (Å²) in [5, 5.41) is 1.18. The van der Waals surface area contributed by atoms with Crippen molar-refractivity contribution >= 4 is 10.9 Å². The van der Waals surface area contributed by atoms with E-state index in [2.05, 4.69) is 95.1 Å². The van der Waals surface area contributed by atoms with Gasteiger partial charge in [-0.25, -0.2) is 0 Å². The molecule has 1 aliphatic rings. The fourth-order valence-electron chi connectivity index (χ4n) is 4.61. The molecule has 3 nitrogen and oxygen atoms in total. The molecule has 0 bridgehead atoms. The van der Waals surface area contributed by atoms with Crippen LogP contribution < -0.4 is 4.57 Å². The molecule has 2 aromatic heterocycles. The number of benzene rings is 3. The number of rotatable bonds is 2. The zero-order valence-corrected chi connectivity index (χ0v) is 16.9. The summed E-state index contributed by atoms with van der Waals surface area (Å²) in [5.74, 6) is 1.29. The molecule has 0 N–H and O–H groups in total. The molecule has 0 radical (unpaired) electrons. The lowest BCUT2D eigenvalue weighted by molar-refractivity contribution is -0.605. The molecule has 0 fully saturated rings. The lowest BCUT2D eigenvalue weighted by Crippen LogP contribution is -2.39. The van der Waals surface area contributed by atoms with Gasteiger partial charge in [0.05, 0.1) is 6.42 Å². The number of hydrogen-bond donors (Lipinski definition) is 0. The highest BCUT2D eigenvalue weighted by atomic mass is 15.2. The van der Waals surface area contributed by atoms with Crippen LogP contribution in [0.3, 0.4) is 0 Å². The quantitative estimate of drug-likeness (QED) is 0.372. The van der Waals surface area contributed by atoms with Crippen molar-refractivity contribution in [2.24, 2.45) is 0 Å². The first-order chi connectivity index (χ1) is 14.8. The molecule has 1 aliphatic heterocycles. The van der Waals surface area contributed by atoms with E-state index in [0.717, 1.165) is 18.4 Å². The number of hydrogen-bond acceptors (Lipinski definition) is 1. The van der Waals surface area contributed by atoms with Gasteiger partial charge in [-0.3, -0.25) is 4.98 Å². The average Bonchev–Trinajstić information content (AvgIpc) is 3.19. The fraction of sp³-hybridized carbons (Fsp3) is 0.111. The van der Waals surface area contributed by atoms with E-state index in [0.29, 0.717) is 0 Å². The van der Waals surface area contributed by atoms with Gasteiger partial charge in [-0.05, 0) is 31.5 Å². The van der Waals surface area contributed by atoms with Crippen LogP contribution in [0.1, 0.15) is 17.0 Å². The summed E-state index contributed by atoms with van der Waals surface area (Å²) in [6, 6.07) is 28.1. The number of nitrogens with zero attached hydrogens (tertiary/aromatic N) is 3. The second-order valence-electron chi connectivity index (χ2n) is 7.99. The molecule has 3 heteroatoms. The molecular weight excluding hydrogens is 366 g/mol. The van der Waals surface area contributed by atoms with Crippen molar-refractivity contribution < 1.29 is 4.57 Å². The molecule has 3 aromatic carbocycles. The van der Waals surface area contributed by atoms with E-state index in [1.807, 2.05) is 12.3 Å². The van der Waals surface area contributed by atoms with Crippen LogP contribution in [0, 0.1) is 6.92 Å². The zero-order valence-electron chi connectivity index (χ0n) is 16.9. The zero-order chi connectivity index (χ0) is 20.1. The third-order valence-corrected chi connectivity index (χ3v) is 6.08. The number of aromatic nitrogens is 3. The largest absolute Gasteiger partial charge is 0.267 e. The van der Waals surface area contributed by atoms with Crippen molar-refractivity contribution in [3.8, 4) is 22.6 Å². The molecule has 0 spiro atoms. The summed E-state index contributed by atoms with van der Waals surface area (Å²) in [6.45, 7) is 2.13. The Morgan fingerprint density at radius 2 is 1.67 bits per heavy atom. The van der Waals surface area contributed by atoms with Gasteiger partial charge in [0.2, 0.25) is 0 Å². The summed E-state index contributed by atoms with van der Waals surface area (Å²) in [4.78, 5) is 4.76. The Kier molecular flexibility index (Phi) is 3.81. The van der Waals surface area contributed by atoms with E-state index >= 15 is 0 Å². The van der Waals surface area contributed by atoms with E-state index in [9.17, 15) is 0 Å². The normalized spacial score (nSPS) is 12.6. The van der Waals surface area contributed by atoms with Gasteiger partial charge in [0, 0.05) is 22.7 Å². The minimum absolute atomic E-state index is 0.992. The maximum absolute atomic E-state index is 4.76. The summed E-state index contributed by atoms with van der Waals surface area (Å²) >= 11 is 0. The van der Waals surface area contributed by atoms with Crippen LogP contribution in [0.4, 0.5) is 0 Å². The molecule has 0 saturated carbocycles. The van der Waals surface area contributed by atoms with E-state index in [1.165, 1.54) is 45.0 Å². The fourth-order valence-corrected chi connectivity index (χ4v) is 4.61. The third-order valence-electron chi connectivity index (χ3n) is 6.08. The lowest BCUT2D eigenvalue weighted by Gasteiger charge is -2.15. The SMILES string of the molecule is Cc1ccc(-n2c(-c3ccccc3)c[n+]3c2CCc2ccc4cccnc4c2-3)cc1. The van der Waals surface area contributed by atoms with Crippen molar-refractivity contribution in [1.29, 1.82) is 0 Å². The maximum atomic E-state index is 4.76. The van der Waals surface area contributed by atoms with E-state index in [4.69, 9.17) is 4.98 Å². The van der Waals surface area contributed by atoms with Gasteiger partial charge in [0.1, 0.15) is 17.4 Å². The van der Waals surface area contributed by atoms with Gasteiger partial charge < -0.3 is 0 Å². The van der Waals surface area contributed by atoms with Crippen LogP contribution in [-0.4, -0.2) is 9.55 Å². The van der Waals surface area contributed by atoms with Gasteiger partial charge in [0.15, 0.2) is 11.4 Å². The summed E-state index contributed by atoms with van der Waals surface area (Å²) in [6.07, 6.45) is 6.20. The molecule has 30 heavy (non-hydrogen) atoms. The Morgan fingerprint density at radius 3 is 2.50 bits per heavy atom. The molecule has 3 heterocycles. The average molecular weight is 388 g/mol. The monoisotopic (exact) mass is 388 g/mol. The van der Waals surface area contributed by atoms with Crippen LogP contribution in [0.25, 0.3) is 33.5 Å². The smallest absolute Gasteiger partial charge is 0.252 e. The number of pyridine rings is 1. The van der Waals surface area contributed by atoms with Crippen LogP contribution in [-0.2, 0) is 12.8 Å². The van der Waals surface area contributed by atoms with Crippen LogP contribution in [0.2, 0.25) is 0 Å². The Morgan fingerprint density at radius 1 is 0.833 bits per heavy atom. The van der Waals surface area contributed by atoms with E-state index in [-0.39, 0.29) is 0 Å². The maximum Gasteiger partial charge on any atom is 0.267 e. The van der Waals surface area contributed by atoms with Gasteiger partial charge in [0.25, 0.3) is 5.82 Å². The number of fused-ring (bicyclic) bond motifs is 5. The molecule has 144 valence electrons. The predicted molar refractivity (Wildman–Crippen MR) is 120 cm³/mol. The van der Waals surface area contributed by atoms with Crippen molar-refractivity contribution in [1.82, 2.24) is 9.55 Å². The van der Waals surface area contributed by atoms with Gasteiger partial charge in [-0.15, -0.1) is 0 Å². The first-order valence-corrected chi connectivity index (χ1v) is 10.5. The van der Waals surface area contributed by atoms with Crippen LogP contribution >= 0.6 is 0 Å². The highest BCUT2D eigenvalue weighted by Crippen LogP contribution is 2.31. The van der Waals surface area contributed by atoms with Crippen molar-refractivity contribution in [3.63, 3.8) is 0 Å². The van der Waals surface area contributed by atoms with Gasteiger partial charge in [-0.2, -0.15) is 9.13 Å². The first kappa shape index (κ1) is 17.2. The Balaban J connectivity index is 1.69. The standard InChI is InChI=1S/C27H22N3/c1-19-9-14-23(15-10-19)30-24(20-6-3-2-4-7-20)18-29-25(30)16-13-22-12-11-21-8-5-17-28-26(21)27(22)29/h2-12,14-15,17-18H,13,16H2,1H3/q+1. The second-order valence-corrected chi connectivity index (χ2v) is 7.99. The minimum atomic E-state index is 0.992. The molecule has 0 saturated heterocycles.